The molecule has 1 aromatic rings. The van der Waals surface area contributed by atoms with Crippen molar-refractivity contribution in [3.63, 3.8) is 0 Å². The van der Waals surface area contributed by atoms with Gasteiger partial charge >= 0.3 is 0 Å². The zero-order valence-electron chi connectivity index (χ0n) is 8.96. The first-order valence-electron chi connectivity index (χ1n) is 4.64. The van der Waals surface area contributed by atoms with Gasteiger partial charge in [0.25, 0.3) is 6.43 Å². The first-order valence-corrected chi connectivity index (χ1v) is 4.64. The molecule has 0 aliphatic rings. The van der Waals surface area contributed by atoms with E-state index in [0.717, 1.165) is 0 Å². The zero-order valence-corrected chi connectivity index (χ0v) is 8.96. The van der Waals surface area contributed by atoms with Gasteiger partial charge in [0.2, 0.25) is 11.8 Å². The number of amides is 1. The molecule has 0 radical (unpaired) electrons. The van der Waals surface area contributed by atoms with Crippen LogP contribution in [-0.2, 0) is 4.79 Å². The van der Waals surface area contributed by atoms with E-state index in [1.165, 1.54) is 13.0 Å². The largest absolute Gasteiger partial charge is 0.472 e. The molecule has 1 amide bonds. The molecule has 6 heteroatoms. The van der Waals surface area contributed by atoms with E-state index in [4.69, 9.17) is 4.74 Å². The summed E-state index contributed by atoms with van der Waals surface area (Å²) in [4.78, 5) is 14.7. The third-order valence-corrected chi connectivity index (χ3v) is 1.61. The smallest absolute Gasteiger partial charge is 0.272 e. The quantitative estimate of drug-likeness (QED) is 0.860. The maximum absolute atomic E-state index is 11.9. The molecule has 16 heavy (non-hydrogen) atoms. The van der Waals surface area contributed by atoms with Gasteiger partial charge in [-0.3, -0.25) is 4.79 Å². The second-order valence-electron chi connectivity index (χ2n) is 3.22. The summed E-state index contributed by atoms with van der Waals surface area (Å²) in [6.07, 6.45) is -2.55. The van der Waals surface area contributed by atoms with Crippen LogP contribution >= 0.6 is 0 Å². The molecule has 88 valence electrons. The third-order valence-electron chi connectivity index (χ3n) is 1.61. The summed E-state index contributed by atoms with van der Waals surface area (Å²) in [7, 11) is 0. The van der Waals surface area contributed by atoms with Gasteiger partial charge in [-0.2, -0.15) is 0 Å². The van der Waals surface area contributed by atoms with Crippen LogP contribution in [-0.4, -0.2) is 23.9 Å². The minimum absolute atomic E-state index is 0.0732. The number of aromatic nitrogens is 1. The first-order chi connectivity index (χ1) is 7.47. The minimum atomic E-state index is -2.55. The number of ether oxygens (including phenoxy) is 1. The summed E-state index contributed by atoms with van der Waals surface area (Å²) < 4.78 is 28.6. The van der Waals surface area contributed by atoms with Crippen LogP contribution in [0.1, 0.15) is 12.6 Å². The Labute approximate surface area is 91.6 Å². The summed E-state index contributed by atoms with van der Waals surface area (Å²) in [6.45, 7) is 2.33. The van der Waals surface area contributed by atoms with Crippen LogP contribution in [0.25, 0.3) is 0 Å². The molecule has 0 aliphatic heterocycles. The summed E-state index contributed by atoms with van der Waals surface area (Å²) in [5.41, 5.74) is 1.06. The number of nitrogens with one attached hydrogen (secondary N) is 1. The van der Waals surface area contributed by atoms with Crippen molar-refractivity contribution in [2.24, 2.45) is 0 Å². The fraction of sp³-hybridized carbons (Fsp3) is 0.400. The maximum atomic E-state index is 11.9. The number of nitrogens with zero attached hydrogens (tertiary/aromatic N) is 1. The van der Waals surface area contributed by atoms with E-state index >= 15 is 0 Å². The number of pyridine rings is 1. The second kappa shape index (κ2) is 5.39. The van der Waals surface area contributed by atoms with Gasteiger partial charge in [-0.05, 0) is 13.0 Å². The Kier molecular flexibility index (Phi) is 4.16. The Morgan fingerprint density at radius 3 is 2.81 bits per heavy atom. The molecule has 0 fully saturated rings. The molecule has 1 heterocycles. The summed E-state index contributed by atoms with van der Waals surface area (Å²) in [5, 5.41) is 2.53. The van der Waals surface area contributed by atoms with Crippen molar-refractivity contribution < 1.29 is 18.3 Å². The molecule has 4 nitrogen and oxygen atoms in total. The number of rotatable bonds is 4. The Bertz CT molecular complexity index is 383. The van der Waals surface area contributed by atoms with E-state index in [-0.39, 0.29) is 11.8 Å². The molecule has 0 aliphatic carbocycles. The molecule has 1 N–H and O–H groups in total. The number of hydrogen-bond donors (Lipinski definition) is 1. The molecule has 0 atom stereocenters. The number of alkyl halides is 2. The number of aryl methyl sites for hydroxylation is 1. The van der Waals surface area contributed by atoms with Crippen LogP contribution in [0.3, 0.4) is 0 Å². The van der Waals surface area contributed by atoms with Crippen molar-refractivity contribution in [1.82, 2.24) is 4.98 Å². The fourth-order valence-electron chi connectivity index (χ4n) is 1.14. The lowest BCUT2D eigenvalue weighted by molar-refractivity contribution is -0.114. The molecule has 0 bridgehead atoms. The molecule has 0 unspecified atom stereocenters. The Hall–Kier alpha value is -1.72. The van der Waals surface area contributed by atoms with E-state index in [9.17, 15) is 13.6 Å². The average molecular weight is 230 g/mol. The number of hydrogen-bond acceptors (Lipinski definition) is 3. The highest BCUT2D eigenvalue weighted by Crippen LogP contribution is 2.17. The van der Waals surface area contributed by atoms with Crippen molar-refractivity contribution in [1.29, 1.82) is 0 Å². The van der Waals surface area contributed by atoms with Crippen molar-refractivity contribution >= 4 is 11.6 Å². The highest BCUT2D eigenvalue weighted by molar-refractivity contribution is 5.88. The fourth-order valence-corrected chi connectivity index (χ4v) is 1.14. The molecule has 0 aromatic carbocycles. The number of carbonyl (C=O) groups is 1. The van der Waals surface area contributed by atoms with Gasteiger partial charge in [0.05, 0.1) is 0 Å². The van der Waals surface area contributed by atoms with Crippen LogP contribution in [0.5, 0.6) is 5.88 Å². The van der Waals surface area contributed by atoms with E-state index in [2.05, 4.69) is 10.3 Å². The molecular weight excluding hydrogens is 218 g/mol. The van der Waals surface area contributed by atoms with Crippen molar-refractivity contribution in [2.75, 3.05) is 11.9 Å². The maximum Gasteiger partial charge on any atom is 0.272 e. The lowest BCUT2D eigenvalue weighted by atomic mass is 10.3. The summed E-state index contributed by atoms with van der Waals surface area (Å²) >= 11 is 0. The lowest BCUT2D eigenvalue weighted by Crippen LogP contribution is -2.10. The van der Waals surface area contributed by atoms with Crippen LogP contribution in [0, 0.1) is 6.92 Å². The van der Waals surface area contributed by atoms with E-state index in [1.807, 2.05) is 0 Å². The van der Waals surface area contributed by atoms with Gasteiger partial charge in [0.1, 0.15) is 0 Å². The number of halogens is 2. The molecule has 0 spiro atoms. The van der Waals surface area contributed by atoms with Gasteiger partial charge in [-0.1, -0.05) is 0 Å². The average Bonchev–Trinajstić information content (AvgIpc) is 2.12. The highest BCUT2D eigenvalue weighted by Gasteiger charge is 2.06. The van der Waals surface area contributed by atoms with Crippen LogP contribution < -0.4 is 10.1 Å². The van der Waals surface area contributed by atoms with Gasteiger partial charge in [0.15, 0.2) is 6.61 Å². The molecule has 0 saturated carbocycles. The number of carbonyl (C=O) groups excluding carboxylic acids is 1. The normalized spacial score (nSPS) is 10.3. The van der Waals surface area contributed by atoms with Gasteiger partial charge < -0.3 is 10.1 Å². The standard InChI is InChI=1S/C10H12F2N2O2/c1-6-3-8(14-7(2)15)4-10(13-6)16-5-9(11)12/h3-4,9H,5H2,1-2H3,(H,13,14,15). The van der Waals surface area contributed by atoms with Gasteiger partial charge in [0, 0.05) is 24.4 Å². The Balaban J connectivity index is 2.77. The van der Waals surface area contributed by atoms with Crippen molar-refractivity contribution in [2.45, 2.75) is 20.3 Å². The first kappa shape index (κ1) is 12.4. The van der Waals surface area contributed by atoms with E-state index < -0.39 is 13.0 Å². The molecule has 0 saturated heterocycles. The predicted molar refractivity (Wildman–Crippen MR) is 54.8 cm³/mol. The Morgan fingerprint density at radius 2 is 2.25 bits per heavy atom. The van der Waals surface area contributed by atoms with Crippen LogP contribution in [0.4, 0.5) is 14.5 Å². The van der Waals surface area contributed by atoms with Gasteiger partial charge in [-0.25, -0.2) is 13.8 Å². The SMILES string of the molecule is CC(=O)Nc1cc(C)nc(OCC(F)F)c1. The zero-order chi connectivity index (χ0) is 12.1. The molecular formula is C10H12F2N2O2. The molecule has 1 aromatic heterocycles. The third kappa shape index (κ3) is 4.20. The molecule has 1 rings (SSSR count). The van der Waals surface area contributed by atoms with Crippen molar-refractivity contribution in [3.05, 3.63) is 17.8 Å². The highest BCUT2D eigenvalue weighted by atomic mass is 19.3. The number of anilines is 1. The van der Waals surface area contributed by atoms with E-state index in [1.54, 1.807) is 13.0 Å². The summed E-state index contributed by atoms with van der Waals surface area (Å²) in [6, 6.07) is 3.02. The van der Waals surface area contributed by atoms with E-state index in [0.29, 0.717) is 11.4 Å². The topological polar surface area (TPSA) is 51.2 Å². The van der Waals surface area contributed by atoms with Crippen LogP contribution in [0.2, 0.25) is 0 Å². The Morgan fingerprint density at radius 1 is 1.56 bits per heavy atom. The van der Waals surface area contributed by atoms with Gasteiger partial charge in [-0.15, -0.1) is 0 Å². The van der Waals surface area contributed by atoms with Crippen LogP contribution in [0.15, 0.2) is 12.1 Å². The lowest BCUT2D eigenvalue weighted by Gasteiger charge is -2.08. The second-order valence-corrected chi connectivity index (χ2v) is 3.22. The monoisotopic (exact) mass is 230 g/mol. The minimum Gasteiger partial charge on any atom is -0.472 e. The predicted octanol–water partition coefficient (Wildman–Crippen LogP) is 1.99. The van der Waals surface area contributed by atoms with Crippen molar-refractivity contribution in [3.8, 4) is 5.88 Å². The summed E-state index contributed by atoms with van der Waals surface area (Å²) in [5.74, 6) is -0.172.